The summed E-state index contributed by atoms with van der Waals surface area (Å²) in [5, 5.41) is 2.65. The molecular weight excluding hydrogens is 777 g/mol. The molecule has 2 nitrogen and oxygen atoms in total. The molecule has 61 heavy (non-hydrogen) atoms. The molecule has 4 heteroatoms. The number of hydrogen-bond acceptors (Lipinski definition) is 4. The molecule has 0 bridgehead atoms. The SMILES string of the molecule is CC1(C)c2ccccc2-c2ccc(N(c3ccc(-c4ccc5c(c4)Sc4ccccc4N5c4ccccc4)cc3)c3ccc(-c4ccc5sc6ccccc6c5c4)cc3)cc21. The third kappa shape index (κ3) is 5.93. The molecule has 0 spiro atoms. The fraction of sp³-hybridized carbons (Fsp3) is 0.0526. The Balaban J connectivity index is 0.928. The second-order valence-electron chi connectivity index (χ2n) is 16.6. The molecule has 0 saturated carbocycles. The molecule has 9 aromatic carbocycles. The van der Waals surface area contributed by atoms with Gasteiger partial charge in [-0.1, -0.05) is 141 Å². The van der Waals surface area contributed by atoms with Crippen LogP contribution in [0, 0.1) is 0 Å². The van der Waals surface area contributed by atoms with Crippen LogP contribution in [0.25, 0.3) is 53.6 Å². The normalized spacial score (nSPS) is 13.4. The minimum absolute atomic E-state index is 0.104. The number of thiophene rings is 1. The van der Waals surface area contributed by atoms with Gasteiger partial charge in [-0.25, -0.2) is 0 Å². The van der Waals surface area contributed by atoms with E-state index in [2.05, 4.69) is 230 Å². The first kappa shape index (κ1) is 36.0. The molecule has 2 heterocycles. The van der Waals surface area contributed by atoms with E-state index in [0.717, 1.165) is 22.7 Å². The minimum Gasteiger partial charge on any atom is -0.310 e. The summed E-state index contributed by atoms with van der Waals surface area (Å²) in [6, 6.07) is 76.1. The summed E-state index contributed by atoms with van der Waals surface area (Å²) in [7, 11) is 0. The number of para-hydroxylation sites is 2. The standard InChI is InChI=1S/C57H40N2S2/c1-57(2)49-16-8-6-14-45(49)46-31-30-44(36-50(46)57)58(42-26-20-37(21-27-42)39-25-33-54-48(34-39)47-15-7-10-18-53(47)60-54)43-28-22-38(23-29-43)40-24-32-52-56(35-40)61-55-19-11-9-17-51(55)59(52)41-12-4-3-5-13-41/h3-36H,1-2H3. The molecule has 0 amide bonds. The molecular formula is C57H40N2S2. The first-order valence-electron chi connectivity index (χ1n) is 20.9. The van der Waals surface area contributed by atoms with E-state index in [1.54, 1.807) is 0 Å². The summed E-state index contributed by atoms with van der Waals surface area (Å²) in [5.41, 5.74) is 17.1. The average Bonchev–Trinajstić information content (AvgIpc) is 3.80. The van der Waals surface area contributed by atoms with Crippen molar-refractivity contribution < 1.29 is 0 Å². The van der Waals surface area contributed by atoms with Crippen molar-refractivity contribution in [3.05, 3.63) is 217 Å². The van der Waals surface area contributed by atoms with Crippen molar-refractivity contribution >= 4 is 77.4 Å². The molecule has 0 atom stereocenters. The van der Waals surface area contributed by atoms with Gasteiger partial charge in [0.25, 0.3) is 0 Å². The van der Waals surface area contributed by atoms with Gasteiger partial charge >= 0.3 is 0 Å². The van der Waals surface area contributed by atoms with Crippen LogP contribution in [-0.4, -0.2) is 0 Å². The Morgan fingerprint density at radius 3 is 1.80 bits per heavy atom. The highest BCUT2D eigenvalue weighted by Crippen LogP contribution is 2.53. The van der Waals surface area contributed by atoms with Crippen LogP contribution in [-0.2, 0) is 5.41 Å². The molecule has 0 radical (unpaired) electrons. The maximum absolute atomic E-state index is 2.42. The number of hydrogen-bond donors (Lipinski definition) is 0. The van der Waals surface area contributed by atoms with Crippen LogP contribution in [0.15, 0.2) is 216 Å². The third-order valence-corrected chi connectivity index (χ3v) is 14.9. The van der Waals surface area contributed by atoms with Crippen molar-refractivity contribution in [1.29, 1.82) is 0 Å². The monoisotopic (exact) mass is 816 g/mol. The van der Waals surface area contributed by atoms with E-state index in [9.17, 15) is 0 Å². The van der Waals surface area contributed by atoms with Crippen molar-refractivity contribution in [2.75, 3.05) is 9.80 Å². The van der Waals surface area contributed by atoms with Gasteiger partial charge in [0.15, 0.2) is 0 Å². The molecule has 0 fully saturated rings. The Morgan fingerprint density at radius 2 is 1.00 bits per heavy atom. The number of nitrogens with zero attached hydrogens (tertiary/aromatic N) is 2. The van der Waals surface area contributed by atoms with Gasteiger partial charge in [-0.05, 0) is 136 Å². The lowest BCUT2D eigenvalue weighted by atomic mass is 9.82. The Bertz CT molecular complexity index is 3310. The number of rotatable bonds is 6. The van der Waals surface area contributed by atoms with Gasteiger partial charge in [0.2, 0.25) is 0 Å². The van der Waals surface area contributed by atoms with Crippen LogP contribution in [0.3, 0.4) is 0 Å². The fourth-order valence-electron chi connectivity index (χ4n) is 9.58. The molecule has 1 aliphatic carbocycles. The van der Waals surface area contributed by atoms with E-state index in [0.29, 0.717) is 0 Å². The maximum atomic E-state index is 2.42. The molecule has 0 N–H and O–H groups in total. The number of benzene rings is 9. The van der Waals surface area contributed by atoms with Crippen molar-refractivity contribution in [2.45, 2.75) is 29.1 Å². The smallest absolute Gasteiger partial charge is 0.0602 e. The molecule has 10 aromatic rings. The molecule has 2 aliphatic rings. The quantitative estimate of drug-likeness (QED) is 0.165. The second kappa shape index (κ2) is 14.1. The van der Waals surface area contributed by atoms with E-state index < -0.39 is 0 Å². The van der Waals surface area contributed by atoms with Crippen LogP contribution in [0.1, 0.15) is 25.0 Å². The van der Waals surface area contributed by atoms with Crippen LogP contribution in [0.2, 0.25) is 0 Å². The van der Waals surface area contributed by atoms with E-state index in [4.69, 9.17) is 0 Å². The van der Waals surface area contributed by atoms with Crippen molar-refractivity contribution in [3.63, 3.8) is 0 Å². The largest absolute Gasteiger partial charge is 0.310 e. The number of anilines is 6. The van der Waals surface area contributed by atoms with Crippen LogP contribution < -0.4 is 9.80 Å². The fourth-order valence-corrected chi connectivity index (χ4v) is 11.8. The predicted octanol–water partition coefficient (Wildman–Crippen LogP) is 17.1. The highest BCUT2D eigenvalue weighted by Gasteiger charge is 2.36. The highest BCUT2D eigenvalue weighted by molar-refractivity contribution is 7.99. The summed E-state index contributed by atoms with van der Waals surface area (Å²) < 4.78 is 2.66. The second-order valence-corrected chi connectivity index (χ2v) is 18.7. The maximum Gasteiger partial charge on any atom is 0.0602 e. The van der Waals surface area contributed by atoms with Gasteiger partial charge in [0, 0.05) is 58.1 Å². The Labute approximate surface area is 365 Å². The van der Waals surface area contributed by atoms with Crippen LogP contribution >= 0.6 is 23.1 Å². The number of fused-ring (bicyclic) bond motifs is 8. The Morgan fingerprint density at radius 1 is 0.410 bits per heavy atom. The zero-order valence-electron chi connectivity index (χ0n) is 33.8. The Hall–Kier alpha value is -6.85. The third-order valence-electron chi connectivity index (χ3n) is 12.7. The topological polar surface area (TPSA) is 6.48 Å². The summed E-state index contributed by atoms with van der Waals surface area (Å²) in [6.07, 6.45) is 0. The van der Waals surface area contributed by atoms with E-state index in [-0.39, 0.29) is 5.41 Å². The zero-order chi connectivity index (χ0) is 40.7. The van der Waals surface area contributed by atoms with Crippen molar-refractivity contribution in [1.82, 2.24) is 0 Å². The van der Waals surface area contributed by atoms with Crippen molar-refractivity contribution in [2.24, 2.45) is 0 Å². The molecule has 1 aliphatic heterocycles. The van der Waals surface area contributed by atoms with E-state index >= 15 is 0 Å². The first-order valence-corrected chi connectivity index (χ1v) is 22.5. The zero-order valence-corrected chi connectivity index (χ0v) is 35.5. The summed E-state index contributed by atoms with van der Waals surface area (Å²) >= 11 is 3.71. The van der Waals surface area contributed by atoms with Crippen LogP contribution in [0.5, 0.6) is 0 Å². The van der Waals surface area contributed by atoms with E-state index in [1.165, 1.54) is 85.8 Å². The molecule has 1 aromatic heterocycles. The average molecular weight is 817 g/mol. The van der Waals surface area contributed by atoms with Gasteiger partial charge in [0.1, 0.15) is 0 Å². The van der Waals surface area contributed by atoms with Gasteiger partial charge in [0.05, 0.1) is 11.4 Å². The van der Waals surface area contributed by atoms with Crippen molar-refractivity contribution in [3.8, 4) is 33.4 Å². The lowest BCUT2D eigenvalue weighted by Crippen LogP contribution is -2.16. The van der Waals surface area contributed by atoms with Gasteiger partial charge < -0.3 is 9.80 Å². The molecule has 290 valence electrons. The summed E-state index contributed by atoms with van der Waals surface area (Å²) in [5.74, 6) is 0. The van der Waals surface area contributed by atoms with Crippen LogP contribution in [0.4, 0.5) is 34.1 Å². The molecule has 0 unspecified atom stereocenters. The Kier molecular flexibility index (Phi) is 8.35. The highest BCUT2D eigenvalue weighted by atomic mass is 32.2. The summed E-state index contributed by atoms with van der Waals surface area (Å²) in [4.78, 5) is 7.31. The summed E-state index contributed by atoms with van der Waals surface area (Å²) in [6.45, 7) is 4.72. The lowest BCUT2D eigenvalue weighted by Gasteiger charge is -2.33. The predicted molar refractivity (Wildman–Crippen MR) is 261 cm³/mol. The van der Waals surface area contributed by atoms with Gasteiger partial charge in [-0.15, -0.1) is 11.3 Å². The molecule has 0 saturated heterocycles. The lowest BCUT2D eigenvalue weighted by molar-refractivity contribution is 0.660. The first-order chi connectivity index (χ1) is 30.0. The minimum atomic E-state index is -0.104. The van der Waals surface area contributed by atoms with Gasteiger partial charge in [-0.3, -0.25) is 0 Å². The van der Waals surface area contributed by atoms with Gasteiger partial charge in [-0.2, -0.15) is 0 Å². The molecule has 12 rings (SSSR count). The van der Waals surface area contributed by atoms with E-state index in [1.807, 2.05) is 23.1 Å².